The number of carbonyl (C=O) groups excluding carboxylic acids is 1. The van der Waals surface area contributed by atoms with Crippen LogP contribution in [0.15, 0.2) is 0 Å². The molecule has 5 heteroatoms. The van der Waals surface area contributed by atoms with Crippen molar-refractivity contribution in [2.45, 2.75) is 44.2 Å². The molecule has 1 saturated heterocycles. The maximum atomic E-state index is 11.2. The lowest BCUT2D eigenvalue weighted by atomic mass is 10.0. The van der Waals surface area contributed by atoms with Gasteiger partial charge >= 0.3 is 0 Å². The molecule has 1 aliphatic heterocycles. The van der Waals surface area contributed by atoms with E-state index in [1.807, 2.05) is 0 Å². The summed E-state index contributed by atoms with van der Waals surface area (Å²) in [6, 6.07) is 0.799. The average molecular weight is 254 g/mol. The van der Waals surface area contributed by atoms with Crippen molar-refractivity contribution in [1.82, 2.24) is 9.80 Å². The van der Waals surface area contributed by atoms with Crippen LogP contribution in [0.4, 0.5) is 0 Å². The number of hydrogen-bond donors (Lipinski definition) is 2. The minimum absolute atomic E-state index is 0.416. The van der Waals surface area contributed by atoms with Gasteiger partial charge in [-0.05, 0) is 19.8 Å². The molecule has 2 fully saturated rings. The van der Waals surface area contributed by atoms with Crippen LogP contribution >= 0.6 is 0 Å². The zero-order valence-electron chi connectivity index (χ0n) is 11.4. The number of primary amides is 1. The van der Waals surface area contributed by atoms with Gasteiger partial charge in [-0.1, -0.05) is 12.8 Å². The molecular formula is C13H26N4O. The minimum Gasteiger partial charge on any atom is -0.368 e. The summed E-state index contributed by atoms with van der Waals surface area (Å²) in [5.74, 6) is -0.416. The van der Waals surface area contributed by atoms with Crippen LogP contribution in [0.1, 0.15) is 32.6 Å². The van der Waals surface area contributed by atoms with Gasteiger partial charge in [-0.25, -0.2) is 0 Å². The summed E-state index contributed by atoms with van der Waals surface area (Å²) in [7, 11) is 0. The second-order valence-electron chi connectivity index (χ2n) is 6.03. The lowest BCUT2D eigenvalue weighted by Gasteiger charge is -2.40. The number of hydrogen-bond acceptors (Lipinski definition) is 4. The van der Waals surface area contributed by atoms with Gasteiger partial charge in [0.2, 0.25) is 5.91 Å². The number of carbonyl (C=O) groups is 1. The molecule has 4 N–H and O–H groups in total. The Bertz CT molecular complexity index is 291. The van der Waals surface area contributed by atoms with Gasteiger partial charge in [0.25, 0.3) is 0 Å². The fourth-order valence-electron chi connectivity index (χ4n) is 3.10. The van der Waals surface area contributed by atoms with Crippen LogP contribution < -0.4 is 11.5 Å². The van der Waals surface area contributed by atoms with Gasteiger partial charge in [-0.3, -0.25) is 14.6 Å². The third-order valence-corrected chi connectivity index (χ3v) is 4.36. The maximum Gasteiger partial charge on any atom is 0.238 e. The summed E-state index contributed by atoms with van der Waals surface area (Å²) < 4.78 is 0. The van der Waals surface area contributed by atoms with Crippen LogP contribution in [0.3, 0.4) is 0 Å². The van der Waals surface area contributed by atoms with Crippen LogP contribution in [0.25, 0.3) is 0 Å². The van der Waals surface area contributed by atoms with Crippen LogP contribution in [-0.4, -0.2) is 60.0 Å². The molecule has 0 aromatic rings. The maximum absolute atomic E-state index is 11.2. The van der Waals surface area contributed by atoms with E-state index in [1.54, 1.807) is 6.92 Å². The first-order chi connectivity index (χ1) is 8.49. The SMILES string of the molecule is CC(N)(CN1CCN(C2CCCC2)CC1)C(N)=O. The molecule has 1 amide bonds. The average Bonchev–Trinajstić information content (AvgIpc) is 2.83. The first-order valence-corrected chi connectivity index (χ1v) is 7.04. The first kappa shape index (κ1) is 13.8. The lowest BCUT2D eigenvalue weighted by Crippen LogP contribution is -2.60. The largest absolute Gasteiger partial charge is 0.368 e. The standard InChI is InChI=1S/C13H26N4O/c1-13(15,12(14)18)10-16-6-8-17(9-7-16)11-4-2-3-5-11/h11H,2-10,15H2,1H3,(H2,14,18). The van der Waals surface area contributed by atoms with Gasteiger partial charge in [0.05, 0.1) is 0 Å². The highest BCUT2D eigenvalue weighted by Gasteiger charge is 2.31. The summed E-state index contributed by atoms with van der Waals surface area (Å²) in [5, 5.41) is 0. The Morgan fingerprint density at radius 2 is 1.78 bits per heavy atom. The number of rotatable bonds is 4. The molecule has 1 aliphatic carbocycles. The van der Waals surface area contributed by atoms with Crippen molar-refractivity contribution < 1.29 is 4.79 Å². The summed E-state index contributed by atoms with van der Waals surface area (Å²) in [5.41, 5.74) is 10.3. The normalized spacial score (nSPS) is 27.2. The molecule has 18 heavy (non-hydrogen) atoms. The molecular weight excluding hydrogens is 228 g/mol. The molecule has 0 radical (unpaired) electrons. The lowest BCUT2D eigenvalue weighted by molar-refractivity contribution is -0.123. The summed E-state index contributed by atoms with van der Waals surface area (Å²) in [4.78, 5) is 16.1. The first-order valence-electron chi connectivity index (χ1n) is 7.04. The van der Waals surface area contributed by atoms with Crippen LogP contribution in [0, 0.1) is 0 Å². The smallest absolute Gasteiger partial charge is 0.238 e. The van der Waals surface area contributed by atoms with Gasteiger partial charge in [-0.15, -0.1) is 0 Å². The van der Waals surface area contributed by atoms with E-state index >= 15 is 0 Å². The van der Waals surface area contributed by atoms with Crippen molar-refractivity contribution in [2.24, 2.45) is 11.5 Å². The highest BCUT2D eigenvalue weighted by molar-refractivity contribution is 5.84. The molecule has 1 heterocycles. The summed E-state index contributed by atoms with van der Waals surface area (Å²) >= 11 is 0. The van der Waals surface area contributed by atoms with Crippen LogP contribution in [0.5, 0.6) is 0 Å². The highest BCUT2D eigenvalue weighted by atomic mass is 16.1. The number of amides is 1. The Morgan fingerprint density at radius 3 is 2.28 bits per heavy atom. The minimum atomic E-state index is -0.907. The third-order valence-electron chi connectivity index (χ3n) is 4.36. The summed E-state index contributed by atoms with van der Waals surface area (Å²) in [6.07, 6.45) is 5.48. The molecule has 2 rings (SSSR count). The molecule has 0 aromatic heterocycles. The van der Waals surface area contributed by atoms with Crippen molar-refractivity contribution in [1.29, 1.82) is 0 Å². The Morgan fingerprint density at radius 1 is 1.22 bits per heavy atom. The van der Waals surface area contributed by atoms with Crippen molar-refractivity contribution >= 4 is 5.91 Å². The fourth-order valence-corrected chi connectivity index (χ4v) is 3.10. The Kier molecular flexibility index (Phi) is 4.25. The van der Waals surface area contributed by atoms with Gasteiger partial charge in [-0.2, -0.15) is 0 Å². The predicted molar refractivity (Wildman–Crippen MR) is 72.1 cm³/mol. The Labute approximate surface area is 109 Å². The van der Waals surface area contributed by atoms with Gasteiger partial charge in [0.15, 0.2) is 0 Å². The predicted octanol–water partition coefficient (Wildman–Crippen LogP) is -0.251. The molecule has 0 bridgehead atoms. The zero-order chi connectivity index (χ0) is 13.2. The van der Waals surface area contributed by atoms with E-state index in [2.05, 4.69) is 9.80 Å². The van der Waals surface area contributed by atoms with E-state index in [1.165, 1.54) is 25.7 Å². The second kappa shape index (κ2) is 5.55. The molecule has 5 nitrogen and oxygen atoms in total. The van der Waals surface area contributed by atoms with Crippen LogP contribution in [0.2, 0.25) is 0 Å². The van der Waals surface area contributed by atoms with E-state index in [-0.39, 0.29) is 0 Å². The Balaban J connectivity index is 1.78. The topological polar surface area (TPSA) is 75.6 Å². The molecule has 1 saturated carbocycles. The molecule has 2 aliphatic rings. The van der Waals surface area contributed by atoms with Crippen molar-refractivity contribution in [2.75, 3.05) is 32.7 Å². The van der Waals surface area contributed by atoms with E-state index < -0.39 is 11.4 Å². The fraction of sp³-hybridized carbons (Fsp3) is 0.923. The molecule has 1 unspecified atom stereocenters. The van der Waals surface area contributed by atoms with Crippen LogP contribution in [-0.2, 0) is 4.79 Å². The van der Waals surface area contributed by atoms with Gasteiger partial charge in [0.1, 0.15) is 5.54 Å². The zero-order valence-corrected chi connectivity index (χ0v) is 11.4. The molecule has 0 spiro atoms. The van der Waals surface area contributed by atoms with Gasteiger partial charge < -0.3 is 11.5 Å². The molecule has 1 atom stereocenters. The quantitative estimate of drug-likeness (QED) is 0.725. The number of piperazine rings is 1. The van der Waals surface area contributed by atoms with E-state index in [9.17, 15) is 4.79 Å². The second-order valence-corrected chi connectivity index (χ2v) is 6.03. The third kappa shape index (κ3) is 3.22. The van der Waals surface area contributed by atoms with Crippen molar-refractivity contribution in [3.8, 4) is 0 Å². The van der Waals surface area contributed by atoms with Crippen molar-refractivity contribution in [3.05, 3.63) is 0 Å². The number of nitrogens with zero attached hydrogens (tertiary/aromatic N) is 2. The van der Waals surface area contributed by atoms with E-state index in [4.69, 9.17) is 11.5 Å². The van der Waals surface area contributed by atoms with E-state index in [0.717, 1.165) is 32.2 Å². The molecule has 0 aromatic carbocycles. The highest BCUT2D eigenvalue weighted by Crippen LogP contribution is 2.24. The Hall–Kier alpha value is -0.650. The van der Waals surface area contributed by atoms with E-state index in [0.29, 0.717) is 6.54 Å². The molecule has 104 valence electrons. The summed E-state index contributed by atoms with van der Waals surface area (Å²) in [6.45, 7) is 6.48. The van der Waals surface area contributed by atoms with Gasteiger partial charge in [0, 0.05) is 38.8 Å². The monoisotopic (exact) mass is 254 g/mol. The van der Waals surface area contributed by atoms with Crippen molar-refractivity contribution in [3.63, 3.8) is 0 Å². The number of nitrogens with two attached hydrogens (primary N) is 2.